The monoisotopic (exact) mass is 197 g/mol. The largest absolute Gasteiger partial charge is 0.337 e. The summed E-state index contributed by atoms with van der Waals surface area (Å²) in [7, 11) is 3.32. The molecule has 0 aromatic carbocycles. The Labute approximate surface area is 80.9 Å². The first-order valence-corrected chi connectivity index (χ1v) is 4.67. The predicted octanol–water partition coefficient (Wildman–Crippen LogP) is 1.35. The van der Waals surface area contributed by atoms with E-state index >= 15 is 0 Å². The third-order valence-electron chi connectivity index (χ3n) is 1.32. The minimum absolute atomic E-state index is 0.230. The number of nitrogens with zero attached hydrogens (tertiary/aromatic N) is 2. The molecule has 0 saturated heterocycles. The Morgan fingerprint density at radius 2 is 2.46 bits per heavy atom. The lowest BCUT2D eigenvalue weighted by Gasteiger charge is -2.07. The van der Waals surface area contributed by atoms with E-state index in [4.69, 9.17) is 0 Å². The van der Waals surface area contributed by atoms with Crippen molar-refractivity contribution < 1.29 is 4.79 Å². The highest BCUT2D eigenvalue weighted by atomic mass is 32.1. The summed E-state index contributed by atoms with van der Waals surface area (Å²) < 4.78 is 0. The summed E-state index contributed by atoms with van der Waals surface area (Å²) in [5.41, 5.74) is 3.37. The number of amides is 2. The molecular weight excluding hydrogens is 186 g/mol. The van der Waals surface area contributed by atoms with Gasteiger partial charge in [-0.3, -0.25) is 0 Å². The Balaban J connectivity index is 2.39. The van der Waals surface area contributed by atoms with Crippen LogP contribution in [0.4, 0.5) is 4.79 Å². The minimum atomic E-state index is -0.230. The molecule has 0 radical (unpaired) electrons. The molecule has 13 heavy (non-hydrogen) atoms. The molecule has 0 aliphatic heterocycles. The van der Waals surface area contributed by atoms with E-state index in [0.29, 0.717) is 0 Å². The van der Waals surface area contributed by atoms with Crippen molar-refractivity contribution in [2.45, 2.75) is 0 Å². The zero-order chi connectivity index (χ0) is 9.68. The molecule has 0 saturated carbocycles. The van der Waals surface area contributed by atoms with Crippen LogP contribution in [0.2, 0.25) is 0 Å². The molecule has 0 unspecified atom stereocenters. The highest BCUT2D eigenvalue weighted by molar-refractivity contribution is 7.08. The number of rotatable bonds is 2. The third-order valence-corrected chi connectivity index (χ3v) is 2.02. The van der Waals surface area contributed by atoms with Crippen LogP contribution in [0.1, 0.15) is 5.56 Å². The van der Waals surface area contributed by atoms with Crippen LogP contribution in [0.5, 0.6) is 0 Å². The molecule has 1 rings (SSSR count). The Morgan fingerprint density at radius 1 is 1.69 bits per heavy atom. The Hall–Kier alpha value is -1.36. The number of hydrogen-bond donors (Lipinski definition) is 1. The molecule has 2 amide bonds. The predicted molar refractivity (Wildman–Crippen MR) is 54.1 cm³/mol. The van der Waals surface area contributed by atoms with Crippen molar-refractivity contribution in [3.05, 3.63) is 22.4 Å². The van der Waals surface area contributed by atoms with E-state index in [1.807, 2.05) is 16.8 Å². The van der Waals surface area contributed by atoms with Gasteiger partial charge in [0.2, 0.25) is 0 Å². The van der Waals surface area contributed by atoms with E-state index in [0.717, 1.165) is 5.56 Å². The summed E-state index contributed by atoms with van der Waals surface area (Å²) in [6.07, 6.45) is 1.61. The molecule has 1 heterocycles. The molecule has 1 N–H and O–H groups in total. The topological polar surface area (TPSA) is 44.7 Å². The highest BCUT2D eigenvalue weighted by Crippen LogP contribution is 2.01. The van der Waals surface area contributed by atoms with Crippen molar-refractivity contribution in [3.8, 4) is 0 Å². The second kappa shape index (κ2) is 4.61. The van der Waals surface area contributed by atoms with E-state index in [1.54, 1.807) is 31.6 Å². The number of hydrazone groups is 1. The van der Waals surface area contributed by atoms with Crippen LogP contribution in [0.15, 0.2) is 21.9 Å². The fourth-order valence-corrected chi connectivity index (χ4v) is 1.22. The van der Waals surface area contributed by atoms with Crippen molar-refractivity contribution in [1.82, 2.24) is 10.3 Å². The van der Waals surface area contributed by atoms with Gasteiger partial charge < -0.3 is 4.90 Å². The number of carbonyl (C=O) groups is 1. The van der Waals surface area contributed by atoms with E-state index in [1.165, 1.54) is 4.90 Å². The molecule has 0 atom stereocenters. The van der Waals surface area contributed by atoms with Crippen LogP contribution in [-0.2, 0) is 0 Å². The molecule has 70 valence electrons. The number of hydrogen-bond acceptors (Lipinski definition) is 3. The standard InChI is InChI=1S/C8H11N3OS/c1-11(2)8(12)10-9-5-7-3-4-13-6-7/h3-6H,1-2H3,(H,10,12)/b9-5+. The fourth-order valence-electron chi connectivity index (χ4n) is 0.610. The first-order chi connectivity index (χ1) is 6.20. The van der Waals surface area contributed by atoms with Crippen LogP contribution >= 0.6 is 11.3 Å². The highest BCUT2D eigenvalue weighted by Gasteiger charge is 1.98. The Morgan fingerprint density at radius 3 is 3.00 bits per heavy atom. The van der Waals surface area contributed by atoms with Crippen molar-refractivity contribution >= 4 is 23.6 Å². The lowest BCUT2D eigenvalue weighted by Crippen LogP contribution is -2.30. The van der Waals surface area contributed by atoms with Crippen LogP contribution in [0.3, 0.4) is 0 Å². The Bertz CT molecular complexity index is 292. The average molecular weight is 197 g/mol. The van der Waals surface area contributed by atoms with Gasteiger partial charge in [-0.2, -0.15) is 16.4 Å². The maximum Gasteiger partial charge on any atom is 0.337 e. The lowest BCUT2D eigenvalue weighted by molar-refractivity contribution is 0.218. The summed E-state index contributed by atoms with van der Waals surface area (Å²) >= 11 is 1.59. The first kappa shape index (κ1) is 9.73. The molecule has 0 spiro atoms. The van der Waals surface area contributed by atoms with Gasteiger partial charge in [-0.25, -0.2) is 10.2 Å². The average Bonchev–Trinajstić information content (AvgIpc) is 2.56. The summed E-state index contributed by atoms with van der Waals surface area (Å²) in [5.74, 6) is 0. The first-order valence-electron chi connectivity index (χ1n) is 3.72. The van der Waals surface area contributed by atoms with E-state index < -0.39 is 0 Å². The van der Waals surface area contributed by atoms with Crippen molar-refractivity contribution in [2.24, 2.45) is 5.10 Å². The van der Waals surface area contributed by atoms with Gasteiger partial charge in [0.05, 0.1) is 6.21 Å². The molecule has 0 fully saturated rings. The molecule has 0 aliphatic rings. The van der Waals surface area contributed by atoms with Gasteiger partial charge in [0.1, 0.15) is 0 Å². The van der Waals surface area contributed by atoms with Gasteiger partial charge in [0.25, 0.3) is 0 Å². The van der Waals surface area contributed by atoms with Gasteiger partial charge in [0, 0.05) is 19.7 Å². The van der Waals surface area contributed by atoms with Crippen molar-refractivity contribution in [2.75, 3.05) is 14.1 Å². The van der Waals surface area contributed by atoms with Gasteiger partial charge >= 0.3 is 6.03 Å². The number of nitrogens with one attached hydrogen (secondary N) is 1. The van der Waals surface area contributed by atoms with E-state index in [9.17, 15) is 4.79 Å². The third kappa shape index (κ3) is 3.25. The smallest absolute Gasteiger partial charge is 0.329 e. The molecule has 0 bridgehead atoms. The van der Waals surface area contributed by atoms with Crippen molar-refractivity contribution in [1.29, 1.82) is 0 Å². The number of thiophene rings is 1. The van der Waals surface area contributed by atoms with Crippen LogP contribution in [0.25, 0.3) is 0 Å². The SMILES string of the molecule is CN(C)C(=O)N/N=C/c1ccsc1. The van der Waals surface area contributed by atoms with Crippen LogP contribution in [-0.4, -0.2) is 31.2 Å². The molecule has 4 nitrogen and oxygen atoms in total. The van der Waals surface area contributed by atoms with Gasteiger partial charge in [0.15, 0.2) is 0 Å². The molecule has 1 aromatic heterocycles. The molecule has 0 aliphatic carbocycles. The summed E-state index contributed by atoms with van der Waals surface area (Å²) in [6, 6.07) is 1.70. The lowest BCUT2D eigenvalue weighted by atomic mass is 10.4. The number of carbonyl (C=O) groups excluding carboxylic acids is 1. The molecule has 5 heteroatoms. The zero-order valence-corrected chi connectivity index (χ0v) is 8.34. The quantitative estimate of drug-likeness (QED) is 0.564. The summed E-state index contributed by atoms with van der Waals surface area (Å²) in [4.78, 5) is 12.4. The zero-order valence-electron chi connectivity index (χ0n) is 7.52. The van der Waals surface area contributed by atoms with Gasteiger partial charge in [-0.15, -0.1) is 0 Å². The normalized spacial score (nSPS) is 10.3. The maximum atomic E-state index is 11.0. The second-order valence-electron chi connectivity index (χ2n) is 2.63. The van der Waals surface area contributed by atoms with E-state index in [2.05, 4.69) is 10.5 Å². The fraction of sp³-hybridized carbons (Fsp3) is 0.250. The maximum absolute atomic E-state index is 11.0. The molecule has 1 aromatic rings. The minimum Gasteiger partial charge on any atom is -0.329 e. The van der Waals surface area contributed by atoms with Crippen molar-refractivity contribution in [3.63, 3.8) is 0 Å². The summed E-state index contributed by atoms with van der Waals surface area (Å²) in [6.45, 7) is 0. The van der Waals surface area contributed by atoms with Crippen LogP contribution in [0, 0.1) is 0 Å². The number of urea groups is 1. The molecular formula is C8H11N3OS. The van der Waals surface area contributed by atoms with E-state index in [-0.39, 0.29) is 6.03 Å². The second-order valence-corrected chi connectivity index (χ2v) is 3.41. The van der Waals surface area contributed by atoms with Gasteiger partial charge in [-0.05, 0) is 16.8 Å². The Kier molecular flexibility index (Phi) is 3.45. The van der Waals surface area contributed by atoms with Gasteiger partial charge in [-0.1, -0.05) is 0 Å². The van der Waals surface area contributed by atoms with Crippen LogP contribution < -0.4 is 5.43 Å². The summed E-state index contributed by atoms with van der Waals surface area (Å²) in [5, 5.41) is 7.68.